The maximum absolute atomic E-state index is 10.7. The van der Waals surface area contributed by atoms with Crippen molar-refractivity contribution in [2.45, 2.75) is 32.6 Å². The van der Waals surface area contributed by atoms with Gasteiger partial charge in [0, 0.05) is 17.8 Å². The van der Waals surface area contributed by atoms with Gasteiger partial charge in [0.2, 0.25) is 0 Å². The van der Waals surface area contributed by atoms with E-state index in [9.17, 15) is 4.79 Å². The largest absolute Gasteiger partial charge is 0.481 e. The highest BCUT2D eigenvalue weighted by molar-refractivity contribution is 5.68. The third-order valence-corrected chi connectivity index (χ3v) is 2.25. The van der Waals surface area contributed by atoms with Gasteiger partial charge in [-0.3, -0.25) is 9.78 Å². The molecule has 1 aromatic heterocycles. The van der Waals surface area contributed by atoms with Crippen LogP contribution in [0.15, 0.2) is 18.5 Å². The summed E-state index contributed by atoms with van der Waals surface area (Å²) >= 11 is 0. The van der Waals surface area contributed by atoms with E-state index in [0.29, 0.717) is 0 Å². The van der Waals surface area contributed by atoms with Gasteiger partial charge in [0.15, 0.2) is 0 Å². The molecule has 0 radical (unpaired) electrons. The van der Waals surface area contributed by atoms with E-state index in [1.54, 1.807) is 12.4 Å². The molecule has 0 unspecified atom stereocenters. The minimum Gasteiger partial charge on any atom is -0.481 e. The Morgan fingerprint density at radius 2 is 2.14 bits per heavy atom. The lowest BCUT2D eigenvalue weighted by Gasteiger charge is -2.22. The first-order chi connectivity index (χ1) is 6.42. The van der Waals surface area contributed by atoms with Crippen molar-refractivity contribution in [3.63, 3.8) is 0 Å². The third-order valence-electron chi connectivity index (χ3n) is 2.25. The fourth-order valence-electron chi connectivity index (χ4n) is 1.41. The van der Waals surface area contributed by atoms with Crippen LogP contribution in [0.1, 0.15) is 31.4 Å². The maximum atomic E-state index is 10.7. The molecule has 0 aliphatic rings. The highest BCUT2D eigenvalue weighted by Gasteiger charge is 2.24. The number of carbonyl (C=O) groups is 1. The molecule has 3 nitrogen and oxygen atoms in total. The Hall–Kier alpha value is -1.38. The number of hydrogen-bond acceptors (Lipinski definition) is 2. The van der Waals surface area contributed by atoms with Gasteiger partial charge in [0.1, 0.15) is 0 Å². The number of aryl methyl sites for hydroxylation is 1. The van der Waals surface area contributed by atoms with Gasteiger partial charge in [-0.1, -0.05) is 19.9 Å². The van der Waals surface area contributed by atoms with E-state index in [2.05, 4.69) is 4.98 Å². The quantitative estimate of drug-likeness (QED) is 0.800. The zero-order valence-electron chi connectivity index (χ0n) is 8.74. The van der Waals surface area contributed by atoms with Crippen molar-refractivity contribution in [2.75, 3.05) is 0 Å². The molecular formula is C11H15NO2. The van der Waals surface area contributed by atoms with Crippen LogP contribution in [0.3, 0.4) is 0 Å². The molecule has 0 saturated heterocycles. The Labute approximate surface area is 83.8 Å². The number of carboxylic acids is 1. The first-order valence-electron chi connectivity index (χ1n) is 4.56. The molecule has 1 N–H and O–H groups in total. The molecule has 1 aromatic rings. The summed E-state index contributed by atoms with van der Waals surface area (Å²) in [5.41, 5.74) is 1.67. The predicted molar refractivity (Wildman–Crippen MR) is 54.3 cm³/mol. The van der Waals surface area contributed by atoms with Crippen LogP contribution in [0.2, 0.25) is 0 Å². The Kier molecular flexibility index (Phi) is 2.89. The molecule has 1 heterocycles. The Morgan fingerprint density at radius 1 is 1.50 bits per heavy atom. The minimum absolute atomic E-state index is 0.123. The maximum Gasteiger partial charge on any atom is 0.304 e. The Balaban J connectivity index is 2.97. The van der Waals surface area contributed by atoms with Crippen LogP contribution in [0.5, 0.6) is 0 Å². The summed E-state index contributed by atoms with van der Waals surface area (Å²) in [6, 6.07) is 1.98. The zero-order valence-corrected chi connectivity index (χ0v) is 8.74. The molecule has 0 aromatic carbocycles. The lowest BCUT2D eigenvalue weighted by atomic mass is 9.82. The van der Waals surface area contributed by atoms with Crippen LogP contribution in [0.4, 0.5) is 0 Å². The van der Waals surface area contributed by atoms with Gasteiger partial charge in [-0.05, 0) is 18.1 Å². The van der Waals surface area contributed by atoms with E-state index < -0.39 is 5.97 Å². The lowest BCUT2D eigenvalue weighted by Crippen LogP contribution is -2.21. The summed E-state index contributed by atoms with van der Waals surface area (Å²) in [6.07, 6.45) is 3.62. The summed E-state index contributed by atoms with van der Waals surface area (Å²) in [5.74, 6) is -0.781. The SMILES string of the molecule is Cc1cncc(C(C)(C)CC(=O)O)c1. The lowest BCUT2D eigenvalue weighted by molar-refractivity contribution is -0.138. The summed E-state index contributed by atoms with van der Waals surface area (Å²) < 4.78 is 0. The summed E-state index contributed by atoms with van der Waals surface area (Å²) in [7, 11) is 0. The van der Waals surface area contributed by atoms with Gasteiger partial charge in [0.25, 0.3) is 0 Å². The molecule has 0 aliphatic carbocycles. The number of pyridine rings is 1. The predicted octanol–water partition coefficient (Wildman–Crippen LogP) is 2.14. The minimum atomic E-state index is -0.781. The standard InChI is InChI=1S/C11H15NO2/c1-8-4-9(7-12-6-8)11(2,3)5-10(13)14/h4,6-7H,5H2,1-3H3,(H,13,14). The molecule has 0 atom stereocenters. The van der Waals surface area contributed by atoms with Crippen LogP contribution in [-0.4, -0.2) is 16.1 Å². The fourth-order valence-corrected chi connectivity index (χ4v) is 1.41. The average Bonchev–Trinajstić information content (AvgIpc) is 2.01. The van der Waals surface area contributed by atoms with E-state index in [4.69, 9.17) is 5.11 Å². The second kappa shape index (κ2) is 3.78. The van der Waals surface area contributed by atoms with E-state index in [0.717, 1.165) is 11.1 Å². The van der Waals surface area contributed by atoms with Gasteiger partial charge < -0.3 is 5.11 Å². The molecule has 0 saturated carbocycles. The summed E-state index contributed by atoms with van der Waals surface area (Å²) in [4.78, 5) is 14.7. The van der Waals surface area contributed by atoms with E-state index in [1.165, 1.54) is 0 Å². The first kappa shape index (κ1) is 10.7. The average molecular weight is 193 g/mol. The molecule has 0 amide bonds. The van der Waals surface area contributed by atoms with Crippen molar-refractivity contribution in [3.05, 3.63) is 29.6 Å². The van der Waals surface area contributed by atoms with Crippen LogP contribution < -0.4 is 0 Å². The van der Waals surface area contributed by atoms with E-state index in [1.807, 2.05) is 26.8 Å². The van der Waals surface area contributed by atoms with Gasteiger partial charge in [-0.2, -0.15) is 0 Å². The monoisotopic (exact) mass is 193 g/mol. The summed E-state index contributed by atoms with van der Waals surface area (Å²) in [6.45, 7) is 5.78. The van der Waals surface area contributed by atoms with Crippen molar-refractivity contribution in [1.29, 1.82) is 0 Å². The molecule has 3 heteroatoms. The van der Waals surface area contributed by atoms with Crippen LogP contribution in [-0.2, 0) is 10.2 Å². The van der Waals surface area contributed by atoms with Crippen molar-refractivity contribution in [3.8, 4) is 0 Å². The topological polar surface area (TPSA) is 50.2 Å². The van der Waals surface area contributed by atoms with Crippen LogP contribution >= 0.6 is 0 Å². The second-order valence-corrected chi connectivity index (χ2v) is 4.21. The van der Waals surface area contributed by atoms with Crippen LogP contribution in [0.25, 0.3) is 0 Å². The van der Waals surface area contributed by atoms with E-state index in [-0.39, 0.29) is 11.8 Å². The van der Waals surface area contributed by atoms with Crippen LogP contribution in [0, 0.1) is 6.92 Å². The smallest absolute Gasteiger partial charge is 0.304 e. The normalized spacial score (nSPS) is 11.4. The van der Waals surface area contributed by atoms with Gasteiger partial charge >= 0.3 is 5.97 Å². The molecule has 0 spiro atoms. The number of rotatable bonds is 3. The van der Waals surface area contributed by atoms with Gasteiger partial charge in [-0.25, -0.2) is 0 Å². The van der Waals surface area contributed by atoms with Crippen molar-refractivity contribution in [1.82, 2.24) is 4.98 Å². The van der Waals surface area contributed by atoms with Crippen molar-refractivity contribution < 1.29 is 9.90 Å². The number of carboxylic acid groups (broad SMARTS) is 1. The van der Waals surface area contributed by atoms with Gasteiger partial charge in [-0.15, -0.1) is 0 Å². The highest BCUT2D eigenvalue weighted by Crippen LogP contribution is 2.26. The highest BCUT2D eigenvalue weighted by atomic mass is 16.4. The van der Waals surface area contributed by atoms with Gasteiger partial charge in [0.05, 0.1) is 6.42 Å². The number of aromatic nitrogens is 1. The molecule has 76 valence electrons. The first-order valence-corrected chi connectivity index (χ1v) is 4.56. The number of hydrogen-bond donors (Lipinski definition) is 1. The fraction of sp³-hybridized carbons (Fsp3) is 0.455. The third kappa shape index (κ3) is 2.55. The number of aliphatic carboxylic acids is 1. The summed E-state index contributed by atoms with van der Waals surface area (Å²) in [5, 5.41) is 8.76. The Morgan fingerprint density at radius 3 is 2.64 bits per heavy atom. The second-order valence-electron chi connectivity index (χ2n) is 4.21. The molecule has 1 rings (SSSR count). The zero-order chi connectivity index (χ0) is 10.8. The molecule has 0 fully saturated rings. The number of nitrogens with zero attached hydrogens (tertiary/aromatic N) is 1. The molecule has 0 aliphatic heterocycles. The Bertz CT molecular complexity index is 345. The molecule has 0 bridgehead atoms. The van der Waals surface area contributed by atoms with E-state index >= 15 is 0 Å². The van der Waals surface area contributed by atoms with Crippen molar-refractivity contribution >= 4 is 5.97 Å². The van der Waals surface area contributed by atoms with Crippen molar-refractivity contribution in [2.24, 2.45) is 0 Å². The molecular weight excluding hydrogens is 178 g/mol. The molecule has 14 heavy (non-hydrogen) atoms.